The van der Waals surface area contributed by atoms with E-state index in [1.54, 1.807) is 12.1 Å². The summed E-state index contributed by atoms with van der Waals surface area (Å²) in [5, 5.41) is 0. The van der Waals surface area contributed by atoms with Crippen molar-refractivity contribution in [1.82, 2.24) is 0 Å². The molecule has 0 spiro atoms. The van der Waals surface area contributed by atoms with Crippen molar-refractivity contribution in [3.05, 3.63) is 29.6 Å². The Balaban J connectivity index is 2.00. The zero-order valence-electron chi connectivity index (χ0n) is 8.62. The van der Waals surface area contributed by atoms with Crippen LogP contribution in [0.5, 0.6) is 0 Å². The molecular formula is C12H15FN2. The molecule has 2 N–H and O–H groups in total. The maximum Gasteiger partial charge on any atom is 0.146 e. The van der Waals surface area contributed by atoms with Crippen molar-refractivity contribution in [2.24, 2.45) is 5.73 Å². The lowest BCUT2D eigenvalue weighted by Gasteiger charge is -2.35. The van der Waals surface area contributed by atoms with Gasteiger partial charge in [0.25, 0.3) is 0 Å². The Morgan fingerprint density at radius 1 is 1.40 bits per heavy atom. The first-order chi connectivity index (χ1) is 7.25. The molecule has 2 nitrogen and oxygen atoms in total. The van der Waals surface area contributed by atoms with Gasteiger partial charge < -0.3 is 10.6 Å². The van der Waals surface area contributed by atoms with Gasteiger partial charge in [0.1, 0.15) is 5.82 Å². The van der Waals surface area contributed by atoms with Crippen molar-refractivity contribution in [2.75, 3.05) is 11.4 Å². The molecule has 2 aliphatic rings. The van der Waals surface area contributed by atoms with Crippen molar-refractivity contribution in [3.63, 3.8) is 0 Å². The van der Waals surface area contributed by atoms with Gasteiger partial charge in [-0.05, 0) is 30.9 Å². The Labute approximate surface area is 88.9 Å². The monoisotopic (exact) mass is 206 g/mol. The molecule has 0 radical (unpaired) electrons. The highest BCUT2D eigenvalue weighted by atomic mass is 19.1. The van der Waals surface area contributed by atoms with E-state index in [-0.39, 0.29) is 5.82 Å². The fourth-order valence-corrected chi connectivity index (χ4v) is 2.87. The number of fused-ring (bicyclic) bond motifs is 3. The molecule has 80 valence electrons. The average Bonchev–Trinajstić information content (AvgIpc) is 2.56. The van der Waals surface area contributed by atoms with E-state index in [0.717, 1.165) is 37.1 Å². The molecule has 0 amide bonds. The summed E-state index contributed by atoms with van der Waals surface area (Å²) in [5.41, 5.74) is 7.92. The lowest BCUT2D eigenvalue weighted by molar-refractivity contribution is 0.422. The molecule has 1 aromatic rings. The van der Waals surface area contributed by atoms with Crippen molar-refractivity contribution in [3.8, 4) is 0 Å². The molecule has 2 heterocycles. The van der Waals surface area contributed by atoms with Crippen LogP contribution in [0.1, 0.15) is 18.4 Å². The van der Waals surface area contributed by atoms with Crippen LogP contribution >= 0.6 is 0 Å². The van der Waals surface area contributed by atoms with Crippen LogP contribution in [0.3, 0.4) is 0 Å². The molecule has 0 bridgehead atoms. The summed E-state index contributed by atoms with van der Waals surface area (Å²) in [6.45, 7) is 0.903. The Bertz CT molecular complexity index is 391. The number of rotatable bonds is 0. The van der Waals surface area contributed by atoms with E-state index in [0.29, 0.717) is 12.1 Å². The number of nitrogens with zero attached hydrogens (tertiary/aromatic N) is 1. The minimum absolute atomic E-state index is 0.0783. The van der Waals surface area contributed by atoms with Gasteiger partial charge in [-0.25, -0.2) is 4.39 Å². The van der Waals surface area contributed by atoms with Crippen LogP contribution in [0.4, 0.5) is 10.1 Å². The molecule has 0 aliphatic carbocycles. The Morgan fingerprint density at radius 3 is 3.13 bits per heavy atom. The maximum atomic E-state index is 13.7. The SMILES string of the molecule is NC1CCN2c3c(F)cccc3CC2C1. The number of hydrogen-bond acceptors (Lipinski definition) is 2. The van der Waals surface area contributed by atoms with Crippen molar-refractivity contribution >= 4 is 5.69 Å². The predicted molar refractivity (Wildman–Crippen MR) is 58.4 cm³/mol. The number of hydrogen-bond donors (Lipinski definition) is 1. The number of anilines is 1. The normalized spacial score (nSPS) is 28.8. The molecule has 1 saturated heterocycles. The second-order valence-corrected chi connectivity index (χ2v) is 4.58. The van der Waals surface area contributed by atoms with E-state index in [1.807, 2.05) is 6.07 Å². The third kappa shape index (κ3) is 1.34. The van der Waals surface area contributed by atoms with Crippen molar-refractivity contribution < 1.29 is 4.39 Å². The molecular weight excluding hydrogens is 191 g/mol. The standard InChI is InChI=1S/C12H15FN2/c13-11-3-1-2-8-6-10-7-9(14)4-5-15(10)12(8)11/h1-3,9-10H,4-7,14H2. The molecule has 3 rings (SSSR count). The number of benzene rings is 1. The van der Waals surface area contributed by atoms with E-state index in [2.05, 4.69) is 4.90 Å². The molecule has 0 saturated carbocycles. The third-order valence-electron chi connectivity index (χ3n) is 3.57. The quantitative estimate of drug-likeness (QED) is 0.699. The number of nitrogens with two attached hydrogens (primary N) is 1. The molecule has 0 aromatic heterocycles. The first kappa shape index (κ1) is 9.16. The highest BCUT2D eigenvalue weighted by molar-refractivity contribution is 5.60. The van der Waals surface area contributed by atoms with Gasteiger partial charge in [-0.1, -0.05) is 12.1 Å². The van der Waals surface area contributed by atoms with Crippen LogP contribution < -0.4 is 10.6 Å². The van der Waals surface area contributed by atoms with Crippen LogP contribution in [0, 0.1) is 5.82 Å². The Hall–Kier alpha value is -1.09. The lowest BCUT2D eigenvalue weighted by Crippen LogP contribution is -2.45. The predicted octanol–water partition coefficient (Wildman–Crippen LogP) is 1.68. The van der Waals surface area contributed by atoms with Gasteiger partial charge in [-0.3, -0.25) is 0 Å². The highest BCUT2D eigenvalue weighted by Gasteiger charge is 2.35. The van der Waals surface area contributed by atoms with Crippen LogP contribution in [0.25, 0.3) is 0 Å². The fourth-order valence-electron chi connectivity index (χ4n) is 2.87. The van der Waals surface area contributed by atoms with E-state index < -0.39 is 0 Å². The first-order valence-corrected chi connectivity index (χ1v) is 5.55. The van der Waals surface area contributed by atoms with Gasteiger partial charge in [-0.2, -0.15) is 0 Å². The molecule has 1 aromatic carbocycles. The van der Waals surface area contributed by atoms with Gasteiger partial charge in [-0.15, -0.1) is 0 Å². The second kappa shape index (κ2) is 3.20. The number of para-hydroxylation sites is 1. The van der Waals surface area contributed by atoms with Gasteiger partial charge in [0, 0.05) is 18.6 Å². The van der Waals surface area contributed by atoms with Crippen molar-refractivity contribution in [2.45, 2.75) is 31.3 Å². The van der Waals surface area contributed by atoms with Gasteiger partial charge in [0.2, 0.25) is 0 Å². The first-order valence-electron chi connectivity index (χ1n) is 5.55. The van der Waals surface area contributed by atoms with E-state index >= 15 is 0 Å². The molecule has 2 aliphatic heterocycles. The molecule has 1 fully saturated rings. The highest BCUT2D eigenvalue weighted by Crippen LogP contribution is 2.38. The van der Waals surface area contributed by atoms with Crippen molar-refractivity contribution in [1.29, 1.82) is 0 Å². The molecule has 3 heteroatoms. The molecule has 2 unspecified atom stereocenters. The Morgan fingerprint density at radius 2 is 2.27 bits per heavy atom. The maximum absolute atomic E-state index is 13.7. The minimum atomic E-state index is -0.0783. The van der Waals surface area contributed by atoms with E-state index in [9.17, 15) is 4.39 Å². The van der Waals surface area contributed by atoms with Crippen LogP contribution in [0.15, 0.2) is 18.2 Å². The van der Waals surface area contributed by atoms with E-state index in [4.69, 9.17) is 5.73 Å². The van der Waals surface area contributed by atoms with E-state index in [1.165, 1.54) is 0 Å². The summed E-state index contributed by atoms with van der Waals surface area (Å²) in [7, 11) is 0. The molecule has 15 heavy (non-hydrogen) atoms. The fraction of sp³-hybridized carbons (Fsp3) is 0.500. The van der Waals surface area contributed by atoms with Gasteiger partial charge >= 0.3 is 0 Å². The number of piperidine rings is 1. The summed E-state index contributed by atoms with van der Waals surface area (Å²) in [5.74, 6) is -0.0783. The minimum Gasteiger partial charge on any atom is -0.366 e. The largest absolute Gasteiger partial charge is 0.366 e. The number of halogens is 1. The van der Waals surface area contributed by atoms with Crippen LogP contribution in [-0.4, -0.2) is 18.6 Å². The zero-order valence-corrected chi connectivity index (χ0v) is 8.62. The summed E-state index contributed by atoms with van der Waals surface area (Å²) in [6, 6.07) is 6.11. The zero-order chi connectivity index (χ0) is 10.4. The van der Waals surface area contributed by atoms with Crippen LogP contribution in [-0.2, 0) is 6.42 Å². The topological polar surface area (TPSA) is 29.3 Å². The Kier molecular flexibility index (Phi) is 1.96. The second-order valence-electron chi connectivity index (χ2n) is 4.58. The summed E-state index contributed by atoms with van der Waals surface area (Å²) >= 11 is 0. The summed E-state index contributed by atoms with van der Waals surface area (Å²) in [6.07, 6.45) is 2.93. The summed E-state index contributed by atoms with van der Waals surface area (Å²) in [4.78, 5) is 2.20. The molecule has 2 atom stereocenters. The lowest BCUT2D eigenvalue weighted by atomic mass is 9.97. The van der Waals surface area contributed by atoms with Gasteiger partial charge in [0.15, 0.2) is 0 Å². The third-order valence-corrected chi connectivity index (χ3v) is 3.57. The van der Waals surface area contributed by atoms with Gasteiger partial charge in [0.05, 0.1) is 5.69 Å². The summed E-state index contributed by atoms with van der Waals surface area (Å²) < 4.78 is 13.7. The smallest absolute Gasteiger partial charge is 0.146 e. The van der Waals surface area contributed by atoms with Crippen LogP contribution in [0.2, 0.25) is 0 Å². The average molecular weight is 206 g/mol.